The monoisotopic (exact) mass is 313 g/mol. The highest BCUT2D eigenvalue weighted by atomic mass is 16.6. The van der Waals surface area contributed by atoms with Crippen LogP contribution in [0.4, 0.5) is 5.69 Å². The van der Waals surface area contributed by atoms with E-state index in [2.05, 4.69) is 5.32 Å². The van der Waals surface area contributed by atoms with Gasteiger partial charge < -0.3 is 11.1 Å². The number of amides is 2. The molecular weight excluding hydrogens is 298 g/mol. The number of nitrogens with one attached hydrogen (secondary N) is 1. The number of non-ortho nitro benzene ring substituents is 1. The first-order chi connectivity index (χ1) is 11.0. The minimum Gasteiger partial charge on any atom is -0.368 e. The zero-order valence-corrected chi connectivity index (χ0v) is 12.1. The Bertz CT molecular complexity index is 714. The predicted molar refractivity (Wildman–Crippen MR) is 83.3 cm³/mol. The van der Waals surface area contributed by atoms with Crippen molar-refractivity contribution in [2.45, 2.75) is 12.5 Å². The van der Waals surface area contributed by atoms with Crippen molar-refractivity contribution in [1.29, 1.82) is 0 Å². The highest BCUT2D eigenvalue weighted by molar-refractivity contribution is 5.88. The molecule has 0 fully saturated rings. The molecule has 7 nitrogen and oxygen atoms in total. The van der Waals surface area contributed by atoms with Crippen LogP contribution in [0.25, 0.3) is 0 Å². The summed E-state index contributed by atoms with van der Waals surface area (Å²) in [6, 6.07) is 13.4. The molecule has 0 aliphatic heterocycles. The minimum atomic E-state index is -0.915. The second kappa shape index (κ2) is 7.17. The molecule has 0 saturated heterocycles. The number of nitrogens with zero attached hydrogens (tertiary/aromatic N) is 1. The van der Waals surface area contributed by atoms with Crippen LogP contribution in [-0.2, 0) is 16.0 Å². The summed E-state index contributed by atoms with van der Waals surface area (Å²) in [4.78, 5) is 33.7. The molecular formula is C16H15N3O4. The highest BCUT2D eigenvalue weighted by Gasteiger charge is 2.20. The zero-order chi connectivity index (χ0) is 16.8. The molecule has 118 valence electrons. The second-order valence-electron chi connectivity index (χ2n) is 4.91. The smallest absolute Gasteiger partial charge is 0.269 e. The minimum absolute atomic E-state index is 0.00535. The van der Waals surface area contributed by atoms with Crippen LogP contribution in [0.3, 0.4) is 0 Å². The van der Waals surface area contributed by atoms with Gasteiger partial charge >= 0.3 is 0 Å². The Labute approximate surface area is 132 Å². The molecule has 23 heavy (non-hydrogen) atoms. The predicted octanol–water partition coefficient (Wildman–Crippen LogP) is 1.48. The van der Waals surface area contributed by atoms with Gasteiger partial charge in [0.15, 0.2) is 0 Å². The van der Waals surface area contributed by atoms with Gasteiger partial charge in [-0.25, -0.2) is 0 Å². The molecule has 0 aromatic heterocycles. The third-order valence-electron chi connectivity index (χ3n) is 3.23. The van der Waals surface area contributed by atoms with Gasteiger partial charge in [-0.2, -0.15) is 0 Å². The maximum Gasteiger partial charge on any atom is 0.269 e. The van der Waals surface area contributed by atoms with Crippen LogP contribution in [-0.4, -0.2) is 16.7 Å². The van der Waals surface area contributed by atoms with Gasteiger partial charge in [-0.15, -0.1) is 0 Å². The van der Waals surface area contributed by atoms with E-state index in [0.29, 0.717) is 11.1 Å². The lowest BCUT2D eigenvalue weighted by atomic mass is 10.1. The number of hydrogen-bond donors (Lipinski definition) is 2. The lowest BCUT2D eigenvalue weighted by Gasteiger charge is -2.15. The number of carbonyl (C=O) groups is 2. The average Bonchev–Trinajstić information content (AvgIpc) is 2.53. The normalized spacial score (nSPS) is 11.5. The number of nitro benzene ring substituents is 1. The summed E-state index contributed by atoms with van der Waals surface area (Å²) in [5, 5.41) is 13.2. The van der Waals surface area contributed by atoms with E-state index in [4.69, 9.17) is 5.73 Å². The summed E-state index contributed by atoms with van der Waals surface area (Å²) in [6.45, 7) is 0. The average molecular weight is 313 g/mol. The van der Waals surface area contributed by atoms with Gasteiger partial charge in [-0.05, 0) is 11.1 Å². The molecule has 3 N–H and O–H groups in total. The molecule has 2 amide bonds. The van der Waals surface area contributed by atoms with Gasteiger partial charge in [0.25, 0.3) is 5.69 Å². The molecule has 0 bridgehead atoms. The summed E-state index contributed by atoms with van der Waals surface area (Å²) in [7, 11) is 0. The van der Waals surface area contributed by atoms with Crippen molar-refractivity contribution < 1.29 is 14.5 Å². The number of nitro groups is 1. The van der Waals surface area contributed by atoms with Gasteiger partial charge in [0.05, 0.1) is 11.3 Å². The number of rotatable bonds is 6. The van der Waals surface area contributed by atoms with Crippen LogP contribution in [0.1, 0.15) is 17.2 Å². The number of primary amides is 1. The molecule has 1 unspecified atom stereocenters. The van der Waals surface area contributed by atoms with Gasteiger partial charge in [0, 0.05) is 12.1 Å². The van der Waals surface area contributed by atoms with Gasteiger partial charge in [-0.1, -0.05) is 42.5 Å². The van der Waals surface area contributed by atoms with Gasteiger partial charge in [0.2, 0.25) is 11.8 Å². The number of hydrogen-bond acceptors (Lipinski definition) is 4. The molecule has 0 aliphatic carbocycles. The van der Waals surface area contributed by atoms with E-state index in [1.165, 1.54) is 24.3 Å². The highest BCUT2D eigenvalue weighted by Crippen LogP contribution is 2.14. The summed E-state index contributed by atoms with van der Waals surface area (Å²) in [5.41, 5.74) is 6.48. The topological polar surface area (TPSA) is 115 Å². The number of carbonyl (C=O) groups excluding carboxylic acids is 2. The Morgan fingerprint density at radius 1 is 1.09 bits per heavy atom. The van der Waals surface area contributed by atoms with E-state index in [1.807, 2.05) is 0 Å². The Morgan fingerprint density at radius 3 is 2.22 bits per heavy atom. The van der Waals surface area contributed by atoms with E-state index in [0.717, 1.165) is 0 Å². The first-order valence-electron chi connectivity index (χ1n) is 6.84. The summed E-state index contributed by atoms with van der Waals surface area (Å²) < 4.78 is 0. The van der Waals surface area contributed by atoms with Crippen LogP contribution < -0.4 is 11.1 Å². The zero-order valence-electron chi connectivity index (χ0n) is 12.1. The molecule has 1 atom stereocenters. The van der Waals surface area contributed by atoms with Crippen molar-refractivity contribution in [3.63, 3.8) is 0 Å². The van der Waals surface area contributed by atoms with Crippen molar-refractivity contribution in [2.24, 2.45) is 5.73 Å². The first-order valence-corrected chi connectivity index (χ1v) is 6.84. The third-order valence-corrected chi connectivity index (χ3v) is 3.23. The molecule has 2 aromatic carbocycles. The van der Waals surface area contributed by atoms with E-state index in [1.54, 1.807) is 30.3 Å². The molecule has 2 rings (SSSR count). The lowest BCUT2D eigenvalue weighted by Crippen LogP contribution is -2.38. The Kier molecular flexibility index (Phi) is 5.03. The maximum absolute atomic E-state index is 12.1. The summed E-state index contributed by atoms with van der Waals surface area (Å²) >= 11 is 0. The van der Waals surface area contributed by atoms with Crippen LogP contribution in [0, 0.1) is 10.1 Å². The molecule has 7 heteroatoms. The second-order valence-corrected chi connectivity index (χ2v) is 4.91. The van der Waals surface area contributed by atoms with Crippen molar-refractivity contribution in [3.05, 3.63) is 75.8 Å². The number of nitrogens with two attached hydrogens (primary N) is 1. The third kappa shape index (κ3) is 4.37. The van der Waals surface area contributed by atoms with Crippen LogP contribution in [0.15, 0.2) is 54.6 Å². The van der Waals surface area contributed by atoms with Crippen molar-refractivity contribution >= 4 is 17.5 Å². The fourth-order valence-corrected chi connectivity index (χ4v) is 2.10. The van der Waals surface area contributed by atoms with Crippen LogP contribution in [0.2, 0.25) is 0 Å². The van der Waals surface area contributed by atoms with E-state index < -0.39 is 22.8 Å². The molecule has 0 aliphatic rings. The molecule has 2 aromatic rings. The molecule has 0 radical (unpaired) electrons. The fraction of sp³-hybridized carbons (Fsp3) is 0.125. The first kappa shape index (κ1) is 16.2. The quantitative estimate of drug-likeness (QED) is 0.620. The van der Waals surface area contributed by atoms with Crippen molar-refractivity contribution in [1.82, 2.24) is 5.32 Å². The Balaban J connectivity index is 2.05. The van der Waals surface area contributed by atoms with Gasteiger partial charge in [-0.3, -0.25) is 19.7 Å². The van der Waals surface area contributed by atoms with Crippen LogP contribution in [0.5, 0.6) is 0 Å². The lowest BCUT2D eigenvalue weighted by molar-refractivity contribution is -0.384. The largest absolute Gasteiger partial charge is 0.368 e. The summed E-state index contributed by atoms with van der Waals surface area (Å²) in [5.74, 6) is -1.06. The van der Waals surface area contributed by atoms with E-state index >= 15 is 0 Å². The number of benzene rings is 2. The maximum atomic E-state index is 12.1. The molecule has 0 heterocycles. The summed E-state index contributed by atoms with van der Waals surface area (Å²) in [6.07, 6.45) is -0.00535. The SMILES string of the molecule is NC(=O)C(NC(=O)Cc1ccc([N+](=O)[O-])cc1)c1ccccc1. The van der Waals surface area contributed by atoms with Gasteiger partial charge in [0.1, 0.15) is 6.04 Å². The molecule has 0 spiro atoms. The standard InChI is InChI=1S/C16H15N3O4/c17-16(21)15(12-4-2-1-3-5-12)18-14(20)10-11-6-8-13(9-7-11)19(22)23/h1-9,15H,10H2,(H2,17,21)(H,18,20). The fourth-order valence-electron chi connectivity index (χ4n) is 2.10. The van der Waals surface area contributed by atoms with Crippen molar-refractivity contribution in [3.8, 4) is 0 Å². The van der Waals surface area contributed by atoms with Crippen LogP contribution >= 0.6 is 0 Å². The van der Waals surface area contributed by atoms with E-state index in [-0.39, 0.29) is 12.1 Å². The molecule has 0 saturated carbocycles. The van der Waals surface area contributed by atoms with Crippen molar-refractivity contribution in [2.75, 3.05) is 0 Å². The Hall–Kier alpha value is -3.22. The Morgan fingerprint density at radius 2 is 1.70 bits per heavy atom. The van der Waals surface area contributed by atoms with E-state index in [9.17, 15) is 19.7 Å².